The van der Waals surface area contributed by atoms with Crippen molar-refractivity contribution in [3.05, 3.63) is 40.4 Å². The third kappa shape index (κ3) is 4.20. The third-order valence-electron chi connectivity index (χ3n) is 2.51. The molecule has 4 nitrogen and oxygen atoms in total. The predicted octanol–water partition coefficient (Wildman–Crippen LogP) is 4.12. The lowest BCUT2D eigenvalue weighted by molar-refractivity contribution is 0.0562. The summed E-state index contributed by atoms with van der Waals surface area (Å²) < 4.78 is 6.20. The molecule has 0 aromatic heterocycles. The molecular weight excluding hydrogens is 320 g/mol. The van der Waals surface area contributed by atoms with Gasteiger partial charge in [-0.05, 0) is 32.9 Å². The van der Waals surface area contributed by atoms with Crippen LogP contribution in [-0.2, 0) is 4.74 Å². The van der Waals surface area contributed by atoms with Crippen LogP contribution in [0.3, 0.4) is 0 Å². The molecular formula is C15H17BrN2O2. The van der Waals surface area contributed by atoms with Crippen molar-refractivity contribution in [3.8, 4) is 0 Å². The van der Waals surface area contributed by atoms with E-state index in [1.807, 2.05) is 51.1 Å². The molecule has 106 valence electrons. The van der Waals surface area contributed by atoms with Gasteiger partial charge in [0.1, 0.15) is 11.4 Å². The SMILES string of the molecule is CC(C)(C)OC(=O)NC1=NC(c2cccc(Br)c2)=CC1. The highest BCUT2D eigenvalue weighted by atomic mass is 79.9. The zero-order valence-electron chi connectivity index (χ0n) is 11.7. The van der Waals surface area contributed by atoms with Crippen LogP contribution in [0.15, 0.2) is 39.8 Å². The van der Waals surface area contributed by atoms with Crippen LogP contribution in [0.5, 0.6) is 0 Å². The summed E-state index contributed by atoms with van der Waals surface area (Å²) in [5, 5.41) is 2.67. The molecule has 1 aromatic carbocycles. The van der Waals surface area contributed by atoms with Crippen molar-refractivity contribution in [1.82, 2.24) is 5.32 Å². The maximum atomic E-state index is 11.7. The van der Waals surface area contributed by atoms with Gasteiger partial charge in [0.2, 0.25) is 0 Å². The van der Waals surface area contributed by atoms with Gasteiger partial charge in [-0.15, -0.1) is 0 Å². The van der Waals surface area contributed by atoms with E-state index in [1.165, 1.54) is 0 Å². The smallest absolute Gasteiger partial charge is 0.413 e. The second-order valence-electron chi connectivity index (χ2n) is 5.49. The van der Waals surface area contributed by atoms with E-state index in [-0.39, 0.29) is 0 Å². The van der Waals surface area contributed by atoms with E-state index in [0.29, 0.717) is 12.3 Å². The largest absolute Gasteiger partial charge is 0.444 e. The summed E-state index contributed by atoms with van der Waals surface area (Å²) in [4.78, 5) is 16.1. The number of halogens is 1. The van der Waals surface area contributed by atoms with E-state index in [4.69, 9.17) is 4.74 Å². The van der Waals surface area contributed by atoms with Gasteiger partial charge in [-0.25, -0.2) is 9.79 Å². The molecule has 0 bridgehead atoms. The third-order valence-corrected chi connectivity index (χ3v) is 3.00. The zero-order valence-corrected chi connectivity index (χ0v) is 13.3. The summed E-state index contributed by atoms with van der Waals surface area (Å²) in [5.41, 5.74) is 1.36. The molecule has 2 rings (SSSR count). The maximum absolute atomic E-state index is 11.7. The summed E-state index contributed by atoms with van der Waals surface area (Å²) in [6.45, 7) is 5.48. The van der Waals surface area contributed by atoms with Crippen LogP contribution < -0.4 is 5.32 Å². The fraction of sp³-hybridized carbons (Fsp3) is 0.333. The van der Waals surface area contributed by atoms with Crippen molar-refractivity contribution in [3.63, 3.8) is 0 Å². The molecule has 1 aliphatic heterocycles. The number of aliphatic imine (C=N–C) groups is 1. The number of ether oxygens (including phenoxy) is 1. The van der Waals surface area contributed by atoms with Crippen molar-refractivity contribution < 1.29 is 9.53 Å². The number of carbonyl (C=O) groups is 1. The minimum absolute atomic E-state index is 0.472. The highest BCUT2D eigenvalue weighted by Crippen LogP contribution is 2.24. The first-order valence-corrected chi connectivity index (χ1v) is 7.16. The first-order chi connectivity index (χ1) is 9.33. The Balaban J connectivity index is 2.01. The number of amidine groups is 1. The number of amides is 1. The fourth-order valence-corrected chi connectivity index (χ4v) is 2.16. The van der Waals surface area contributed by atoms with Crippen LogP contribution in [0, 0.1) is 0 Å². The number of benzene rings is 1. The first-order valence-electron chi connectivity index (χ1n) is 6.37. The second-order valence-corrected chi connectivity index (χ2v) is 6.40. The van der Waals surface area contributed by atoms with Gasteiger partial charge < -0.3 is 4.74 Å². The molecule has 0 atom stereocenters. The van der Waals surface area contributed by atoms with Crippen molar-refractivity contribution >= 4 is 33.6 Å². The van der Waals surface area contributed by atoms with E-state index >= 15 is 0 Å². The number of rotatable bonds is 1. The molecule has 0 saturated heterocycles. The quantitative estimate of drug-likeness (QED) is 0.838. The van der Waals surface area contributed by atoms with Crippen LogP contribution in [0.1, 0.15) is 32.8 Å². The lowest BCUT2D eigenvalue weighted by atomic mass is 10.1. The van der Waals surface area contributed by atoms with Gasteiger partial charge in [0.25, 0.3) is 0 Å². The fourth-order valence-electron chi connectivity index (χ4n) is 1.76. The van der Waals surface area contributed by atoms with Gasteiger partial charge in [-0.1, -0.05) is 34.1 Å². The standard InChI is InChI=1S/C15H17BrN2O2/c1-15(2,3)20-14(19)18-13-8-7-12(17-13)10-5-4-6-11(16)9-10/h4-7,9H,8H2,1-3H3,(H,17,18,19). The highest BCUT2D eigenvalue weighted by molar-refractivity contribution is 9.10. The molecule has 5 heteroatoms. The molecule has 1 N–H and O–H groups in total. The molecule has 0 saturated carbocycles. The normalized spacial score (nSPS) is 14.6. The van der Waals surface area contributed by atoms with Crippen molar-refractivity contribution in [2.45, 2.75) is 32.8 Å². The lowest BCUT2D eigenvalue weighted by Crippen LogP contribution is -2.35. The number of carbonyl (C=O) groups excluding carboxylic acids is 1. The van der Waals surface area contributed by atoms with Crippen LogP contribution in [0.2, 0.25) is 0 Å². The Hall–Kier alpha value is -1.62. The van der Waals surface area contributed by atoms with Crippen LogP contribution in [0.25, 0.3) is 5.70 Å². The summed E-state index contributed by atoms with van der Waals surface area (Å²) in [6.07, 6.45) is 2.11. The Morgan fingerprint density at radius 3 is 2.80 bits per heavy atom. The number of nitrogens with zero attached hydrogens (tertiary/aromatic N) is 1. The number of nitrogens with one attached hydrogen (secondary N) is 1. The lowest BCUT2D eigenvalue weighted by Gasteiger charge is -2.19. The number of hydrogen-bond donors (Lipinski definition) is 1. The molecule has 1 aromatic rings. The Morgan fingerprint density at radius 2 is 2.15 bits per heavy atom. The van der Waals surface area contributed by atoms with Crippen LogP contribution in [-0.4, -0.2) is 17.5 Å². The minimum Gasteiger partial charge on any atom is -0.444 e. The van der Waals surface area contributed by atoms with E-state index in [9.17, 15) is 4.79 Å². The molecule has 20 heavy (non-hydrogen) atoms. The van der Waals surface area contributed by atoms with Crippen molar-refractivity contribution in [2.75, 3.05) is 0 Å². The molecule has 0 unspecified atom stereocenters. The summed E-state index contributed by atoms with van der Waals surface area (Å²) in [5.74, 6) is 0.606. The molecule has 0 radical (unpaired) electrons. The van der Waals surface area contributed by atoms with E-state index < -0.39 is 11.7 Å². The highest BCUT2D eigenvalue weighted by Gasteiger charge is 2.19. The summed E-state index contributed by atoms with van der Waals surface area (Å²) in [6, 6.07) is 7.89. The average molecular weight is 337 g/mol. The average Bonchev–Trinajstić information content (AvgIpc) is 2.74. The van der Waals surface area contributed by atoms with Gasteiger partial charge >= 0.3 is 6.09 Å². The van der Waals surface area contributed by atoms with Crippen molar-refractivity contribution in [1.29, 1.82) is 0 Å². The molecule has 1 amide bonds. The number of alkyl carbamates (subject to hydrolysis) is 1. The van der Waals surface area contributed by atoms with Gasteiger partial charge in [-0.3, -0.25) is 5.32 Å². The predicted molar refractivity (Wildman–Crippen MR) is 83.5 cm³/mol. The van der Waals surface area contributed by atoms with E-state index in [1.54, 1.807) is 0 Å². The molecule has 0 fully saturated rings. The van der Waals surface area contributed by atoms with Crippen LogP contribution >= 0.6 is 15.9 Å². The Labute approximate surface area is 127 Å². The van der Waals surface area contributed by atoms with Gasteiger partial charge in [0.05, 0.1) is 5.70 Å². The molecule has 0 aliphatic carbocycles. The topological polar surface area (TPSA) is 50.7 Å². The van der Waals surface area contributed by atoms with Gasteiger partial charge in [0, 0.05) is 16.5 Å². The van der Waals surface area contributed by atoms with Gasteiger partial charge in [-0.2, -0.15) is 0 Å². The van der Waals surface area contributed by atoms with E-state index in [0.717, 1.165) is 15.7 Å². The molecule has 1 aliphatic rings. The second kappa shape index (κ2) is 5.79. The van der Waals surface area contributed by atoms with Gasteiger partial charge in [0.15, 0.2) is 0 Å². The van der Waals surface area contributed by atoms with E-state index in [2.05, 4.69) is 26.2 Å². The number of hydrogen-bond acceptors (Lipinski definition) is 3. The monoisotopic (exact) mass is 336 g/mol. The maximum Gasteiger partial charge on any atom is 0.413 e. The Kier molecular flexibility index (Phi) is 4.28. The Morgan fingerprint density at radius 1 is 1.40 bits per heavy atom. The minimum atomic E-state index is -0.510. The first kappa shape index (κ1) is 14.8. The molecule has 0 spiro atoms. The molecule has 1 heterocycles. The Bertz CT molecular complexity index is 586. The summed E-state index contributed by atoms with van der Waals surface area (Å²) in [7, 11) is 0. The summed E-state index contributed by atoms with van der Waals surface area (Å²) >= 11 is 3.43. The zero-order chi connectivity index (χ0) is 14.8. The van der Waals surface area contributed by atoms with Crippen LogP contribution in [0.4, 0.5) is 4.79 Å². The van der Waals surface area contributed by atoms with Crippen molar-refractivity contribution in [2.24, 2.45) is 4.99 Å².